The molecule has 0 bridgehead atoms. The molecule has 0 spiro atoms. The molecule has 6 heteroatoms. The summed E-state index contributed by atoms with van der Waals surface area (Å²) in [7, 11) is 1.63. The van der Waals surface area contributed by atoms with E-state index in [1.54, 1.807) is 12.6 Å². The Morgan fingerprint density at radius 1 is 1.26 bits per heavy atom. The van der Waals surface area contributed by atoms with Crippen molar-refractivity contribution in [2.45, 2.75) is 56.5 Å². The second-order valence-corrected chi connectivity index (χ2v) is 8.30. The first-order chi connectivity index (χ1) is 13.1. The molecule has 1 amide bonds. The normalized spacial score (nSPS) is 32.3. The first kappa shape index (κ1) is 18.1. The molecule has 0 aromatic heterocycles. The van der Waals surface area contributed by atoms with Crippen LogP contribution in [0, 0.1) is 29.1 Å². The highest BCUT2D eigenvalue weighted by atomic mass is 16.5. The van der Waals surface area contributed by atoms with Gasteiger partial charge in [0.05, 0.1) is 24.7 Å². The van der Waals surface area contributed by atoms with E-state index in [9.17, 15) is 10.1 Å². The highest BCUT2D eigenvalue weighted by Crippen LogP contribution is 2.56. The van der Waals surface area contributed by atoms with Gasteiger partial charge in [0, 0.05) is 5.92 Å². The Kier molecular flexibility index (Phi) is 4.73. The lowest BCUT2D eigenvalue weighted by Crippen LogP contribution is -2.28. The van der Waals surface area contributed by atoms with Crippen LogP contribution < -0.4 is 15.0 Å². The van der Waals surface area contributed by atoms with Gasteiger partial charge >= 0.3 is 0 Å². The maximum atomic E-state index is 11.7. The van der Waals surface area contributed by atoms with E-state index in [1.165, 1.54) is 6.42 Å². The summed E-state index contributed by atoms with van der Waals surface area (Å²) in [5.74, 6) is 1.67. The van der Waals surface area contributed by atoms with Gasteiger partial charge in [0.1, 0.15) is 0 Å². The minimum atomic E-state index is -0.542. The summed E-state index contributed by atoms with van der Waals surface area (Å²) in [6.45, 7) is 0. The summed E-state index contributed by atoms with van der Waals surface area (Å²) in [4.78, 5) is 11.7. The SMILES string of the molecule is COc1ccc(C2(C#N)C[C@H]3CC(C(=O)NO)C[C@H]3C2)cc1OC1CCC1. The molecule has 6 nitrogen and oxygen atoms in total. The van der Waals surface area contributed by atoms with Crippen molar-refractivity contribution in [1.29, 1.82) is 5.26 Å². The average molecular weight is 370 g/mol. The van der Waals surface area contributed by atoms with Gasteiger partial charge in [-0.25, -0.2) is 5.48 Å². The van der Waals surface area contributed by atoms with Crippen LogP contribution in [0.5, 0.6) is 11.5 Å². The third kappa shape index (κ3) is 3.14. The van der Waals surface area contributed by atoms with Gasteiger partial charge in [-0.15, -0.1) is 0 Å². The minimum Gasteiger partial charge on any atom is -0.493 e. The van der Waals surface area contributed by atoms with Gasteiger partial charge in [0.15, 0.2) is 11.5 Å². The Hall–Kier alpha value is -2.26. The van der Waals surface area contributed by atoms with Gasteiger partial charge < -0.3 is 9.47 Å². The molecule has 4 atom stereocenters. The highest BCUT2D eigenvalue weighted by molar-refractivity contribution is 5.77. The number of amides is 1. The van der Waals surface area contributed by atoms with Crippen LogP contribution in [0.2, 0.25) is 0 Å². The summed E-state index contributed by atoms with van der Waals surface area (Å²) in [6.07, 6.45) is 6.54. The number of nitrogens with zero attached hydrogens (tertiary/aromatic N) is 1. The lowest BCUT2D eigenvalue weighted by Gasteiger charge is -2.29. The Balaban J connectivity index is 1.56. The molecule has 0 heterocycles. The minimum absolute atomic E-state index is 0.143. The number of fused-ring (bicyclic) bond motifs is 1. The van der Waals surface area contributed by atoms with Gasteiger partial charge in [-0.3, -0.25) is 10.0 Å². The Bertz CT molecular complexity index is 754. The number of nitrogens with one attached hydrogen (secondary N) is 1. The fraction of sp³-hybridized carbons (Fsp3) is 0.619. The maximum absolute atomic E-state index is 11.7. The lowest BCUT2D eigenvalue weighted by atomic mass is 9.77. The number of rotatable bonds is 5. The van der Waals surface area contributed by atoms with Crippen molar-refractivity contribution in [2.75, 3.05) is 7.11 Å². The number of hydrogen-bond acceptors (Lipinski definition) is 5. The zero-order valence-corrected chi connectivity index (χ0v) is 15.6. The summed E-state index contributed by atoms with van der Waals surface area (Å²) < 4.78 is 11.6. The van der Waals surface area contributed by atoms with Gasteiger partial charge in [0.2, 0.25) is 5.91 Å². The van der Waals surface area contributed by atoms with E-state index in [2.05, 4.69) is 6.07 Å². The van der Waals surface area contributed by atoms with Crippen LogP contribution in [0.25, 0.3) is 0 Å². The molecule has 3 fully saturated rings. The van der Waals surface area contributed by atoms with Crippen molar-refractivity contribution in [3.8, 4) is 17.6 Å². The topological polar surface area (TPSA) is 91.6 Å². The molecule has 3 saturated carbocycles. The highest BCUT2D eigenvalue weighted by Gasteiger charge is 2.52. The molecule has 4 rings (SSSR count). The van der Waals surface area contributed by atoms with Gasteiger partial charge in [-0.05, 0) is 74.5 Å². The zero-order valence-electron chi connectivity index (χ0n) is 15.6. The predicted molar refractivity (Wildman–Crippen MR) is 97.4 cm³/mol. The number of methoxy groups -OCH3 is 1. The fourth-order valence-corrected chi connectivity index (χ4v) is 5.12. The number of hydroxylamine groups is 1. The Morgan fingerprint density at radius 3 is 2.48 bits per heavy atom. The number of carbonyl (C=O) groups is 1. The van der Waals surface area contributed by atoms with Gasteiger partial charge in [-0.2, -0.15) is 5.26 Å². The number of nitriles is 1. The molecule has 3 aliphatic rings. The van der Waals surface area contributed by atoms with Crippen LogP contribution in [0.3, 0.4) is 0 Å². The Morgan fingerprint density at radius 2 is 1.96 bits per heavy atom. The van der Waals surface area contributed by atoms with E-state index in [1.807, 2.05) is 18.2 Å². The summed E-state index contributed by atoms with van der Waals surface area (Å²) >= 11 is 0. The van der Waals surface area contributed by atoms with Crippen molar-refractivity contribution in [3.05, 3.63) is 23.8 Å². The predicted octanol–water partition coefficient (Wildman–Crippen LogP) is 3.33. The van der Waals surface area contributed by atoms with Crippen LogP contribution in [0.4, 0.5) is 0 Å². The number of carbonyl (C=O) groups excluding carboxylic acids is 1. The Labute approximate surface area is 159 Å². The van der Waals surface area contributed by atoms with Crippen molar-refractivity contribution in [3.63, 3.8) is 0 Å². The van der Waals surface area contributed by atoms with E-state index in [4.69, 9.17) is 14.7 Å². The number of benzene rings is 1. The van der Waals surface area contributed by atoms with Crippen LogP contribution in [-0.2, 0) is 10.2 Å². The van der Waals surface area contributed by atoms with Crippen molar-refractivity contribution < 1.29 is 19.5 Å². The smallest absolute Gasteiger partial charge is 0.246 e. The van der Waals surface area contributed by atoms with E-state index >= 15 is 0 Å². The number of hydrogen-bond donors (Lipinski definition) is 2. The third-order valence-electron chi connectivity index (χ3n) is 6.82. The maximum Gasteiger partial charge on any atom is 0.246 e. The van der Waals surface area contributed by atoms with Crippen LogP contribution >= 0.6 is 0 Å². The molecule has 1 aromatic carbocycles. The fourth-order valence-electron chi connectivity index (χ4n) is 5.12. The second kappa shape index (κ2) is 7.05. The molecular formula is C21H26N2O4. The first-order valence-electron chi connectivity index (χ1n) is 9.79. The van der Waals surface area contributed by atoms with Crippen LogP contribution in [0.1, 0.15) is 50.5 Å². The summed E-state index contributed by atoms with van der Waals surface area (Å²) in [5, 5.41) is 18.9. The van der Waals surface area contributed by atoms with Crippen LogP contribution in [-0.4, -0.2) is 24.3 Å². The monoisotopic (exact) mass is 370 g/mol. The van der Waals surface area contributed by atoms with Gasteiger partial charge in [0.25, 0.3) is 0 Å². The van der Waals surface area contributed by atoms with Gasteiger partial charge in [-0.1, -0.05) is 6.07 Å². The molecule has 0 aliphatic heterocycles. The quantitative estimate of drug-likeness (QED) is 0.613. The average Bonchev–Trinajstić information content (AvgIpc) is 3.20. The zero-order chi connectivity index (χ0) is 19.0. The molecule has 27 heavy (non-hydrogen) atoms. The van der Waals surface area contributed by atoms with E-state index in [-0.39, 0.29) is 17.9 Å². The molecule has 3 aliphatic carbocycles. The third-order valence-corrected chi connectivity index (χ3v) is 6.82. The van der Waals surface area contributed by atoms with Crippen molar-refractivity contribution in [1.82, 2.24) is 5.48 Å². The standard InChI is InChI=1S/C21H26N2O4/c1-26-18-6-5-16(9-19(18)27-17-3-2-4-17)21(12-22)10-14-7-13(20(24)23-25)8-15(14)11-21/h5-6,9,13-15,17,25H,2-4,7-8,10-11H2,1H3,(H,23,24)/t13?,14-,15+,21?. The molecule has 0 saturated heterocycles. The second-order valence-electron chi connectivity index (χ2n) is 8.30. The van der Waals surface area contributed by atoms with E-state index < -0.39 is 5.41 Å². The molecular weight excluding hydrogens is 344 g/mol. The summed E-state index contributed by atoms with van der Waals surface area (Å²) in [6, 6.07) is 8.45. The lowest BCUT2D eigenvalue weighted by molar-refractivity contribution is -0.133. The van der Waals surface area contributed by atoms with E-state index in [0.29, 0.717) is 17.6 Å². The molecule has 144 valence electrons. The largest absolute Gasteiger partial charge is 0.493 e. The molecule has 2 unspecified atom stereocenters. The van der Waals surface area contributed by atoms with Crippen molar-refractivity contribution in [2.24, 2.45) is 17.8 Å². The number of ether oxygens (including phenoxy) is 2. The summed E-state index contributed by atoms with van der Waals surface area (Å²) in [5.41, 5.74) is 2.22. The molecule has 1 aromatic rings. The van der Waals surface area contributed by atoms with Crippen molar-refractivity contribution >= 4 is 5.91 Å². The molecule has 0 radical (unpaired) electrons. The van der Waals surface area contributed by atoms with E-state index in [0.717, 1.165) is 49.8 Å². The van der Waals surface area contributed by atoms with Crippen LogP contribution in [0.15, 0.2) is 18.2 Å². The first-order valence-corrected chi connectivity index (χ1v) is 9.79. The molecule has 2 N–H and O–H groups in total.